The van der Waals surface area contributed by atoms with Gasteiger partial charge in [0.25, 0.3) is 4.57 Å². The number of benzene rings is 1. The van der Waals surface area contributed by atoms with Crippen LogP contribution in [0.3, 0.4) is 0 Å². The zero-order chi connectivity index (χ0) is 10.3. The number of fused-ring (bicyclic) bond motifs is 2. The van der Waals surface area contributed by atoms with E-state index in [2.05, 4.69) is 70.9 Å². The van der Waals surface area contributed by atoms with E-state index >= 15 is 0 Å². The van der Waals surface area contributed by atoms with E-state index in [9.17, 15) is 0 Å². The molecular weight excluding hydrogens is 314 g/mol. The van der Waals surface area contributed by atoms with Gasteiger partial charge in [-0.2, -0.15) is 0 Å². The van der Waals surface area contributed by atoms with Gasteiger partial charge in [-0.15, -0.1) is 34.1 Å². The Balaban J connectivity index is 2.07. The van der Waals surface area contributed by atoms with Crippen LogP contribution in [-0.2, 0) is 0 Å². The molecule has 0 aromatic heterocycles. The molecule has 0 N–H and O–H groups in total. The maximum atomic E-state index is 2.58. The molecule has 0 spiro atoms. The number of rotatable bonds is 0. The van der Waals surface area contributed by atoms with Crippen molar-refractivity contribution in [2.75, 3.05) is 0 Å². The summed E-state index contributed by atoms with van der Waals surface area (Å²) in [6.45, 7) is 0. The number of hydrogen-bond acceptors (Lipinski definition) is 1. The van der Waals surface area contributed by atoms with Crippen molar-refractivity contribution in [3.05, 3.63) is 48.6 Å². The zero-order valence-corrected chi connectivity index (χ0v) is 11.1. The second-order valence-electron chi connectivity index (χ2n) is 3.87. The molecular formula is C12H10BIS. The van der Waals surface area contributed by atoms with Gasteiger partial charge >= 0.3 is 0 Å². The predicted molar refractivity (Wildman–Crippen MR) is 77.5 cm³/mol. The van der Waals surface area contributed by atoms with Crippen molar-refractivity contribution in [3.63, 3.8) is 0 Å². The summed E-state index contributed by atoms with van der Waals surface area (Å²) in [5, 5.41) is 0.631. The molecule has 0 saturated carbocycles. The van der Waals surface area contributed by atoms with Crippen LogP contribution in [0, 0.1) is 0 Å². The van der Waals surface area contributed by atoms with E-state index in [4.69, 9.17) is 0 Å². The Labute approximate surface area is 108 Å². The Hall–Kier alpha value is -0.155. The van der Waals surface area contributed by atoms with E-state index in [1.54, 1.807) is 0 Å². The van der Waals surface area contributed by atoms with E-state index in [0.717, 1.165) is 0 Å². The summed E-state index contributed by atoms with van der Waals surface area (Å²) in [7, 11) is 0. The number of halogens is 1. The Bertz CT molecular complexity index is 441. The molecule has 74 valence electrons. The summed E-state index contributed by atoms with van der Waals surface area (Å²) in [6.07, 6.45) is 9.04. The molecule has 2 unspecified atom stereocenters. The van der Waals surface area contributed by atoms with E-state index in [0.29, 0.717) is 15.6 Å². The lowest BCUT2D eigenvalue weighted by Gasteiger charge is -2.32. The number of thioether (sulfide) groups is 1. The standard InChI is InChI=1S/C12H10BIS/c14-13-9-5-1-3-7-11(9)15-12-8-4-2-6-10(12)13/h1-9,11H. The smallest absolute Gasteiger partial charge is 0.142 e. The van der Waals surface area contributed by atoms with Crippen LogP contribution in [0.2, 0.25) is 5.82 Å². The summed E-state index contributed by atoms with van der Waals surface area (Å²) < 4.78 is 0.617. The van der Waals surface area contributed by atoms with Crippen molar-refractivity contribution in [1.29, 1.82) is 0 Å². The molecule has 2 aliphatic rings. The van der Waals surface area contributed by atoms with Crippen molar-refractivity contribution >= 4 is 44.2 Å². The lowest BCUT2D eigenvalue weighted by molar-refractivity contribution is 1.03. The van der Waals surface area contributed by atoms with Crippen LogP contribution in [0.15, 0.2) is 53.5 Å². The van der Waals surface area contributed by atoms with Gasteiger partial charge in [0, 0.05) is 10.1 Å². The Morgan fingerprint density at radius 1 is 1.13 bits per heavy atom. The van der Waals surface area contributed by atoms with Gasteiger partial charge in [-0.1, -0.05) is 48.0 Å². The van der Waals surface area contributed by atoms with Gasteiger partial charge in [0.2, 0.25) is 0 Å². The van der Waals surface area contributed by atoms with Crippen LogP contribution >= 0.6 is 34.1 Å². The molecule has 3 rings (SSSR count). The van der Waals surface area contributed by atoms with E-state index in [1.165, 1.54) is 10.4 Å². The molecule has 15 heavy (non-hydrogen) atoms. The van der Waals surface area contributed by atoms with E-state index in [-0.39, 0.29) is 0 Å². The molecule has 0 bridgehead atoms. The summed E-state index contributed by atoms with van der Waals surface area (Å²) in [5.41, 5.74) is 1.50. The minimum absolute atomic E-state index is 0.617. The molecule has 1 aromatic rings. The fourth-order valence-corrected chi connectivity index (χ4v) is 5.23. The highest BCUT2D eigenvalue weighted by Crippen LogP contribution is 2.42. The third kappa shape index (κ3) is 1.70. The highest BCUT2D eigenvalue weighted by molar-refractivity contribution is 14.1. The number of allylic oxidation sites excluding steroid dienone is 3. The highest BCUT2D eigenvalue weighted by Gasteiger charge is 2.36. The fourth-order valence-electron chi connectivity index (χ4n) is 2.16. The Morgan fingerprint density at radius 3 is 2.87 bits per heavy atom. The Morgan fingerprint density at radius 2 is 1.93 bits per heavy atom. The largest absolute Gasteiger partial charge is 0.259 e. The topological polar surface area (TPSA) is 0 Å². The second-order valence-corrected chi connectivity index (χ2v) is 6.43. The average Bonchev–Trinajstić information content (AvgIpc) is 2.30. The van der Waals surface area contributed by atoms with E-state index in [1.807, 2.05) is 11.8 Å². The highest BCUT2D eigenvalue weighted by atomic mass is 127. The normalized spacial score (nSPS) is 27.4. The van der Waals surface area contributed by atoms with Crippen LogP contribution in [0.1, 0.15) is 0 Å². The van der Waals surface area contributed by atoms with Crippen molar-refractivity contribution in [2.24, 2.45) is 0 Å². The van der Waals surface area contributed by atoms with Crippen LogP contribution in [0.4, 0.5) is 0 Å². The van der Waals surface area contributed by atoms with Crippen LogP contribution < -0.4 is 5.46 Å². The first kappa shape index (κ1) is 10.0. The van der Waals surface area contributed by atoms with Crippen molar-refractivity contribution < 1.29 is 0 Å². The third-order valence-corrected chi connectivity index (χ3v) is 5.81. The molecule has 1 aliphatic carbocycles. The molecule has 3 heteroatoms. The molecule has 1 heterocycles. The van der Waals surface area contributed by atoms with Gasteiger partial charge in [0.05, 0.1) is 0 Å². The maximum Gasteiger partial charge on any atom is 0.259 e. The van der Waals surface area contributed by atoms with Gasteiger partial charge in [0.1, 0.15) is 0 Å². The van der Waals surface area contributed by atoms with Crippen LogP contribution in [0.5, 0.6) is 0 Å². The molecule has 0 radical (unpaired) electrons. The van der Waals surface area contributed by atoms with Crippen molar-refractivity contribution in [3.8, 4) is 0 Å². The molecule has 2 atom stereocenters. The lowest BCUT2D eigenvalue weighted by Crippen LogP contribution is -2.38. The van der Waals surface area contributed by atoms with Crippen molar-refractivity contribution in [2.45, 2.75) is 16.0 Å². The molecule has 1 aliphatic heterocycles. The third-order valence-electron chi connectivity index (χ3n) is 2.94. The molecule has 0 amide bonds. The SMILES string of the molecule is IB1c2ccccc2SC2C=CC=CC12. The fraction of sp³-hybridized carbons (Fsp3) is 0.167. The second kappa shape index (κ2) is 4.02. The predicted octanol–water partition coefficient (Wildman–Crippen LogP) is 3.29. The van der Waals surface area contributed by atoms with Gasteiger partial charge in [0.15, 0.2) is 0 Å². The van der Waals surface area contributed by atoms with Crippen LogP contribution in [-0.4, -0.2) is 9.82 Å². The first-order chi connectivity index (χ1) is 7.36. The summed E-state index contributed by atoms with van der Waals surface area (Å²) in [6, 6.07) is 8.79. The number of hydrogen-bond donors (Lipinski definition) is 0. The van der Waals surface area contributed by atoms with Crippen LogP contribution in [0.25, 0.3) is 0 Å². The average molecular weight is 324 g/mol. The molecule has 0 saturated heterocycles. The van der Waals surface area contributed by atoms with E-state index < -0.39 is 0 Å². The molecule has 0 fully saturated rings. The van der Waals surface area contributed by atoms with Crippen molar-refractivity contribution in [1.82, 2.24) is 0 Å². The quantitative estimate of drug-likeness (QED) is 0.521. The molecule has 1 aromatic carbocycles. The minimum atomic E-state index is 0.617. The minimum Gasteiger partial charge on any atom is -0.142 e. The summed E-state index contributed by atoms with van der Waals surface area (Å²) in [4.78, 5) is 1.46. The summed E-state index contributed by atoms with van der Waals surface area (Å²) in [5.74, 6) is 0.662. The Kier molecular flexibility index (Phi) is 2.69. The monoisotopic (exact) mass is 324 g/mol. The van der Waals surface area contributed by atoms with Gasteiger partial charge in [-0.3, -0.25) is 0 Å². The summed E-state index contributed by atoms with van der Waals surface area (Å²) >= 11 is 4.59. The van der Waals surface area contributed by atoms with Gasteiger partial charge in [-0.25, -0.2) is 0 Å². The lowest BCUT2D eigenvalue weighted by atomic mass is 9.56. The first-order valence-corrected chi connectivity index (χ1v) is 7.23. The van der Waals surface area contributed by atoms with Gasteiger partial charge in [-0.05, 0) is 11.9 Å². The maximum absolute atomic E-state index is 2.58. The van der Waals surface area contributed by atoms with Gasteiger partial charge < -0.3 is 0 Å². The first-order valence-electron chi connectivity index (χ1n) is 5.11. The zero-order valence-electron chi connectivity index (χ0n) is 8.14. The molecule has 0 nitrogen and oxygen atoms in total.